The molecule has 0 aliphatic carbocycles. The standard InChI is InChI=1S/C21H29FN6/c1-23-20-12-21(26-15-25-20)28-11-5-6-16(28)13-24-14-17-18(22)7-4-8-19(17)27-9-2-3-10-27/h4,7-8,12,15-16,24H,2-3,5-6,9-11,13-14H2,1H3,(H,23,25,26). The maximum atomic E-state index is 14.5. The van der Waals surface area contributed by atoms with Crippen LogP contribution in [-0.4, -0.2) is 49.2 Å². The van der Waals surface area contributed by atoms with Gasteiger partial charge >= 0.3 is 0 Å². The Morgan fingerprint density at radius 2 is 2.00 bits per heavy atom. The lowest BCUT2D eigenvalue weighted by Crippen LogP contribution is -2.38. The Labute approximate surface area is 166 Å². The van der Waals surface area contributed by atoms with Gasteiger partial charge in [0, 0.05) is 63.1 Å². The van der Waals surface area contributed by atoms with Crippen molar-refractivity contribution in [2.45, 2.75) is 38.3 Å². The van der Waals surface area contributed by atoms with Crippen molar-refractivity contribution in [2.24, 2.45) is 0 Å². The highest BCUT2D eigenvalue weighted by molar-refractivity contribution is 5.55. The van der Waals surface area contributed by atoms with Crippen LogP contribution in [0.1, 0.15) is 31.2 Å². The fourth-order valence-electron chi connectivity index (χ4n) is 4.33. The van der Waals surface area contributed by atoms with Crippen molar-refractivity contribution >= 4 is 17.3 Å². The van der Waals surface area contributed by atoms with Crippen molar-refractivity contribution in [1.29, 1.82) is 0 Å². The fourth-order valence-corrected chi connectivity index (χ4v) is 4.33. The highest BCUT2D eigenvalue weighted by Gasteiger charge is 2.26. The van der Waals surface area contributed by atoms with Gasteiger partial charge in [0.25, 0.3) is 0 Å². The highest BCUT2D eigenvalue weighted by atomic mass is 19.1. The number of nitrogens with one attached hydrogen (secondary N) is 2. The molecule has 0 saturated carbocycles. The van der Waals surface area contributed by atoms with E-state index in [1.54, 1.807) is 12.4 Å². The van der Waals surface area contributed by atoms with Crippen LogP contribution in [0, 0.1) is 5.82 Å². The summed E-state index contributed by atoms with van der Waals surface area (Å²) >= 11 is 0. The Morgan fingerprint density at radius 3 is 2.82 bits per heavy atom. The van der Waals surface area contributed by atoms with Crippen LogP contribution in [0.4, 0.5) is 21.7 Å². The summed E-state index contributed by atoms with van der Waals surface area (Å²) in [4.78, 5) is 13.3. The van der Waals surface area contributed by atoms with E-state index >= 15 is 0 Å². The molecule has 0 spiro atoms. The predicted octanol–water partition coefficient (Wildman–Crippen LogP) is 3.02. The smallest absolute Gasteiger partial charge is 0.134 e. The summed E-state index contributed by atoms with van der Waals surface area (Å²) in [5, 5.41) is 6.58. The van der Waals surface area contributed by atoms with E-state index in [9.17, 15) is 4.39 Å². The lowest BCUT2D eigenvalue weighted by Gasteiger charge is -2.27. The minimum atomic E-state index is -0.116. The summed E-state index contributed by atoms with van der Waals surface area (Å²) in [6, 6.07) is 7.79. The largest absolute Gasteiger partial charge is 0.373 e. The number of nitrogens with zero attached hydrogens (tertiary/aromatic N) is 4. The van der Waals surface area contributed by atoms with Gasteiger partial charge in [-0.3, -0.25) is 0 Å². The van der Waals surface area contributed by atoms with Gasteiger partial charge in [0.2, 0.25) is 0 Å². The molecule has 2 aliphatic rings. The number of hydrogen-bond acceptors (Lipinski definition) is 6. The molecule has 2 saturated heterocycles. The van der Waals surface area contributed by atoms with E-state index in [1.165, 1.54) is 12.8 Å². The zero-order chi connectivity index (χ0) is 19.3. The Morgan fingerprint density at radius 1 is 1.14 bits per heavy atom. The number of benzene rings is 1. The molecule has 7 heteroatoms. The summed E-state index contributed by atoms with van der Waals surface area (Å²) < 4.78 is 14.5. The lowest BCUT2D eigenvalue weighted by atomic mass is 10.1. The first kappa shape index (κ1) is 18.9. The van der Waals surface area contributed by atoms with Gasteiger partial charge in [0.1, 0.15) is 23.8 Å². The van der Waals surface area contributed by atoms with Gasteiger partial charge in [0.15, 0.2) is 0 Å². The molecule has 28 heavy (non-hydrogen) atoms. The fraction of sp³-hybridized carbons (Fsp3) is 0.524. The zero-order valence-corrected chi connectivity index (χ0v) is 16.5. The first-order chi connectivity index (χ1) is 13.8. The zero-order valence-electron chi connectivity index (χ0n) is 16.5. The van der Waals surface area contributed by atoms with Crippen molar-refractivity contribution < 1.29 is 4.39 Å². The molecule has 1 aromatic carbocycles. The summed E-state index contributed by atoms with van der Waals surface area (Å²) in [5.74, 6) is 1.66. The monoisotopic (exact) mass is 384 g/mol. The van der Waals surface area contributed by atoms with Crippen LogP contribution in [0.25, 0.3) is 0 Å². The number of anilines is 3. The first-order valence-corrected chi connectivity index (χ1v) is 10.3. The van der Waals surface area contributed by atoms with E-state index in [4.69, 9.17) is 0 Å². The third-order valence-electron chi connectivity index (χ3n) is 5.80. The van der Waals surface area contributed by atoms with Crippen LogP contribution in [0.15, 0.2) is 30.6 Å². The third-order valence-corrected chi connectivity index (χ3v) is 5.80. The van der Waals surface area contributed by atoms with Crippen molar-refractivity contribution in [1.82, 2.24) is 15.3 Å². The summed E-state index contributed by atoms with van der Waals surface area (Å²) in [6.07, 6.45) is 6.24. The molecule has 1 aromatic heterocycles. The van der Waals surface area contributed by atoms with E-state index < -0.39 is 0 Å². The van der Waals surface area contributed by atoms with Crippen molar-refractivity contribution in [3.63, 3.8) is 0 Å². The second-order valence-corrected chi connectivity index (χ2v) is 7.56. The molecule has 1 atom stereocenters. The Balaban J connectivity index is 1.41. The van der Waals surface area contributed by atoms with E-state index in [-0.39, 0.29) is 5.82 Å². The van der Waals surface area contributed by atoms with Gasteiger partial charge in [-0.25, -0.2) is 14.4 Å². The topological polar surface area (TPSA) is 56.3 Å². The van der Waals surface area contributed by atoms with Crippen LogP contribution in [-0.2, 0) is 6.54 Å². The van der Waals surface area contributed by atoms with Gasteiger partial charge in [0.05, 0.1) is 0 Å². The van der Waals surface area contributed by atoms with Crippen molar-refractivity contribution in [3.8, 4) is 0 Å². The minimum Gasteiger partial charge on any atom is -0.373 e. The number of hydrogen-bond donors (Lipinski definition) is 2. The first-order valence-electron chi connectivity index (χ1n) is 10.3. The molecule has 150 valence electrons. The molecular weight excluding hydrogens is 355 g/mol. The SMILES string of the molecule is CNc1cc(N2CCCC2CNCc2c(F)cccc2N2CCCC2)ncn1. The predicted molar refractivity (Wildman–Crippen MR) is 112 cm³/mol. The van der Waals surface area contributed by atoms with E-state index in [0.717, 1.165) is 61.9 Å². The molecule has 2 N–H and O–H groups in total. The van der Waals surface area contributed by atoms with Crippen molar-refractivity contribution in [3.05, 3.63) is 42.0 Å². The van der Waals surface area contributed by atoms with Gasteiger partial charge in [-0.05, 0) is 37.8 Å². The number of aromatic nitrogens is 2. The minimum absolute atomic E-state index is 0.116. The Bertz CT molecular complexity index is 792. The Hall–Kier alpha value is -2.41. The molecule has 0 radical (unpaired) electrons. The summed E-state index contributed by atoms with van der Waals surface area (Å²) in [6.45, 7) is 4.40. The number of halogens is 1. The molecule has 0 bridgehead atoms. The normalized spacial score (nSPS) is 19.4. The maximum absolute atomic E-state index is 14.5. The molecule has 0 amide bonds. The van der Waals surface area contributed by atoms with Gasteiger partial charge in [-0.1, -0.05) is 6.07 Å². The molecule has 3 heterocycles. The summed E-state index contributed by atoms with van der Waals surface area (Å²) in [5.41, 5.74) is 1.83. The van der Waals surface area contributed by atoms with Crippen LogP contribution in [0.5, 0.6) is 0 Å². The molecule has 6 nitrogen and oxygen atoms in total. The van der Waals surface area contributed by atoms with Gasteiger partial charge in [-0.15, -0.1) is 0 Å². The number of rotatable bonds is 7. The van der Waals surface area contributed by atoms with Gasteiger partial charge < -0.3 is 20.4 Å². The quantitative estimate of drug-likeness (QED) is 0.765. The Kier molecular flexibility index (Phi) is 5.90. The molecule has 2 aromatic rings. The van der Waals surface area contributed by atoms with Crippen LogP contribution < -0.4 is 20.4 Å². The molecule has 2 fully saturated rings. The molecular formula is C21H29FN6. The molecule has 2 aliphatic heterocycles. The van der Waals surface area contributed by atoms with Gasteiger partial charge in [-0.2, -0.15) is 0 Å². The average molecular weight is 385 g/mol. The highest BCUT2D eigenvalue weighted by Crippen LogP contribution is 2.27. The molecule has 1 unspecified atom stereocenters. The van der Waals surface area contributed by atoms with E-state index in [2.05, 4.69) is 30.4 Å². The second kappa shape index (κ2) is 8.73. The van der Waals surface area contributed by atoms with Crippen molar-refractivity contribution in [2.75, 3.05) is 48.3 Å². The average Bonchev–Trinajstić information content (AvgIpc) is 3.41. The van der Waals surface area contributed by atoms with Crippen LogP contribution >= 0.6 is 0 Å². The maximum Gasteiger partial charge on any atom is 0.134 e. The lowest BCUT2D eigenvalue weighted by molar-refractivity contribution is 0.549. The van der Waals surface area contributed by atoms with E-state index in [0.29, 0.717) is 12.6 Å². The summed E-state index contributed by atoms with van der Waals surface area (Å²) in [7, 11) is 1.86. The second-order valence-electron chi connectivity index (χ2n) is 7.56. The van der Waals surface area contributed by atoms with Crippen LogP contribution in [0.3, 0.4) is 0 Å². The third kappa shape index (κ3) is 4.04. The van der Waals surface area contributed by atoms with Crippen LogP contribution in [0.2, 0.25) is 0 Å². The molecule has 4 rings (SSSR count). The van der Waals surface area contributed by atoms with E-state index in [1.807, 2.05) is 25.2 Å².